The van der Waals surface area contributed by atoms with E-state index in [0.717, 1.165) is 24.6 Å². The average Bonchev–Trinajstić information content (AvgIpc) is 3.18. The Morgan fingerprint density at radius 3 is 2.66 bits per heavy atom. The van der Waals surface area contributed by atoms with Gasteiger partial charge in [0.1, 0.15) is 5.82 Å². The van der Waals surface area contributed by atoms with Crippen LogP contribution in [-0.4, -0.2) is 57.6 Å². The fraction of sp³-hybridized carbons (Fsp3) is 0.286. The molecule has 1 N–H and O–H groups in total. The van der Waals surface area contributed by atoms with E-state index in [0.29, 0.717) is 34.4 Å². The first-order valence-corrected chi connectivity index (χ1v) is 12.0. The molecule has 0 spiro atoms. The zero-order valence-electron chi connectivity index (χ0n) is 16.9. The molecule has 11 heteroatoms. The summed E-state index contributed by atoms with van der Waals surface area (Å²) in [4.78, 5) is 14.7. The summed E-state index contributed by atoms with van der Waals surface area (Å²) in [7, 11) is 0. The van der Waals surface area contributed by atoms with Gasteiger partial charge in [-0.1, -0.05) is 39.3 Å². The molecule has 4 rings (SSSR count). The molecule has 0 unspecified atom stereocenters. The predicted octanol–water partition coefficient (Wildman–Crippen LogP) is 4.39. The SMILES string of the molecule is O=C(CSc1nnc(CN2CCOCC2)n1-c1ccc(Cl)cc1)Nc1ccc(Br)cc1F. The number of hydrogen-bond acceptors (Lipinski definition) is 6. The largest absolute Gasteiger partial charge is 0.379 e. The summed E-state index contributed by atoms with van der Waals surface area (Å²) in [5.74, 6) is -0.0266. The summed E-state index contributed by atoms with van der Waals surface area (Å²) in [5, 5.41) is 12.5. The number of anilines is 1. The van der Waals surface area contributed by atoms with Crippen LogP contribution < -0.4 is 5.32 Å². The minimum Gasteiger partial charge on any atom is -0.379 e. The first-order chi connectivity index (χ1) is 15.5. The van der Waals surface area contributed by atoms with Crippen LogP contribution in [-0.2, 0) is 16.1 Å². The Balaban J connectivity index is 1.50. The Morgan fingerprint density at radius 2 is 1.94 bits per heavy atom. The number of aromatic nitrogens is 3. The minimum atomic E-state index is -0.505. The zero-order chi connectivity index (χ0) is 22.5. The van der Waals surface area contributed by atoms with E-state index in [1.165, 1.54) is 23.9 Å². The van der Waals surface area contributed by atoms with Gasteiger partial charge in [0.05, 0.1) is 31.2 Å². The predicted molar refractivity (Wildman–Crippen MR) is 126 cm³/mol. The summed E-state index contributed by atoms with van der Waals surface area (Å²) in [5.41, 5.74) is 0.982. The highest BCUT2D eigenvalue weighted by molar-refractivity contribution is 9.10. The standard InChI is InChI=1S/C21H20BrClFN5O2S/c22-14-1-6-18(17(24)11-14)25-20(30)13-32-21-27-26-19(12-28-7-9-31-10-8-28)29(21)16-4-2-15(23)3-5-16/h1-6,11H,7-10,12-13H2,(H,25,30). The number of morpholine rings is 1. The van der Waals surface area contributed by atoms with Crippen molar-refractivity contribution < 1.29 is 13.9 Å². The molecule has 3 aromatic rings. The molecule has 1 amide bonds. The van der Waals surface area contributed by atoms with E-state index in [-0.39, 0.29) is 17.3 Å². The van der Waals surface area contributed by atoms with E-state index in [4.69, 9.17) is 16.3 Å². The highest BCUT2D eigenvalue weighted by atomic mass is 79.9. The second-order valence-corrected chi connectivity index (χ2v) is 9.35. The summed E-state index contributed by atoms with van der Waals surface area (Å²) in [6, 6.07) is 11.9. The first kappa shape index (κ1) is 23.2. The molecule has 0 radical (unpaired) electrons. The summed E-state index contributed by atoms with van der Waals surface area (Å²) < 4.78 is 22.0. The molecule has 0 atom stereocenters. The number of carbonyl (C=O) groups excluding carboxylic acids is 1. The number of ether oxygens (including phenoxy) is 1. The van der Waals surface area contributed by atoms with E-state index < -0.39 is 5.82 Å². The molecule has 1 saturated heterocycles. The maximum atomic E-state index is 14.0. The van der Waals surface area contributed by atoms with Gasteiger partial charge >= 0.3 is 0 Å². The third-order valence-electron chi connectivity index (χ3n) is 4.79. The normalized spacial score (nSPS) is 14.5. The fourth-order valence-electron chi connectivity index (χ4n) is 3.21. The number of nitrogens with one attached hydrogen (secondary N) is 1. The lowest BCUT2D eigenvalue weighted by Crippen LogP contribution is -2.36. The molecule has 0 aliphatic carbocycles. The third-order valence-corrected chi connectivity index (χ3v) is 6.47. The van der Waals surface area contributed by atoms with Crippen LogP contribution in [0.1, 0.15) is 5.82 Å². The molecule has 1 fully saturated rings. The van der Waals surface area contributed by atoms with Crippen LogP contribution in [0.3, 0.4) is 0 Å². The maximum Gasteiger partial charge on any atom is 0.234 e. The number of hydrogen-bond donors (Lipinski definition) is 1. The molecule has 1 aliphatic rings. The van der Waals surface area contributed by atoms with Crippen molar-refractivity contribution in [2.45, 2.75) is 11.7 Å². The van der Waals surface area contributed by atoms with Gasteiger partial charge in [-0.3, -0.25) is 14.3 Å². The second kappa shape index (κ2) is 10.8. The van der Waals surface area contributed by atoms with Gasteiger partial charge in [0.25, 0.3) is 0 Å². The summed E-state index contributed by atoms with van der Waals surface area (Å²) >= 11 is 10.5. The van der Waals surface area contributed by atoms with Gasteiger partial charge in [0.15, 0.2) is 11.0 Å². The molecule has 0 bridgehead atoms. The van der Waals surface area contributed by atoms with Gasteiger partial charge < -0.3 is 10.1 Å². The molecule has 168 valence electrons. The van der Waals surface area contributed by atoms with Crippen LogP contribution >= 0.6 is 39.3 Å². The van der Waals surface area contributed by atoms with Crippen LogP contribution in [0.15, 0.2) is 52.1 Å². The van der Waals surface area contributed by atoms with Gasteiger partial charge in [0.2, 0.25) is 5.91 Å². The Morgan fingerprint density at radius 1 is 1.19 bits per heavy atom. The molecule has 2 aromatic carbocycles. The molecule has 7 nitrogen and oxygen atoms in total. The van der Waals surface area contributed by atoms with E-state index in [9.17, 15) is 9.18 Å². The van der Waals surface area contributed by atoms with Gasteiger partial charge in [-0.15, -0.1) is 10.2 Å². The molecule has 32 heavy (non-hydrogen) atoms. The van der Waals surface area contributed by atoms with E-state index in [2.05, 4.69) is 36.3 Å². The average molecular weight is 541 g/mol. The number of nitrogens with zero attached hydrogens (tertiary/aromatic N) is 4. The monoisotopic (exact) mass is 539 g/mol. The number of amides is 1. The Bertz CT molecular complexity index is 1090. The molecule has 1 aliphatic heterocycles. The van der Waals surface area contributed by atoms with Gasteiger partial charge in [-0.05, 0) is 42.5 Å². The van der Waals surface area contributed by atoms with Crippen LogP contribution in [0, 0.1) is 5.82 Å². The van der Waals surface area contributed by atoms with Crippen molar-refractivity contribution >= 4 is 50.9 Å². The molecule has 1 aromatic heterocycles. The van der Waals surface area contributed by atoms with Crippen molar-refractivity contribution in [1.29, 1.82) is 0 Å². The maximum absolute atomic E-state index is 14.0. The second-order valence-electron chi connectivity index (χ2n) is 7.06. The highest BCUT2D eigenvalue weighted by Crippen LogP contribution is 2.25. The van der Waals surface area contributed by atoms with Crippen molar-refractivity contribution in [3.8, 4) is 5.69 Å². The zero-order valence-corrected chi connectivity index (χ0v) is 20.1. The van der Waals surface area contributed by atoms with Crippen molar-refractivity contribution in [2.24, 2.45) is 0 Å². The van der Waals surface area contributed by atoms with Crippen LogP contribution in [0.4, 0.5) is 10.1 Å². The van der Waals surface area contributed by atoms with Gasteiger partial charge in [0, 0.05) is 28.3 Å². The number of rotatable bonds is 7. The lowest BCUT2D eigenvalue weighted by Gasteiger charge is -2.26. The molecule has 0 saturated carbocycles. The van der Waals surface area contributed by atoms with E-state index in [1.807, 2.05) is 16.7 Å². The Hall–Kier alpha value is -1.98. The number of benzene rings is 2. The van der Waals surface area contributed by atoms with Crippen LogP contribution in [0.2, 0.25) is 5.02 Å². The minimum absolute atomic E-state index is 0.0543. The Labute approximate surface area is 202 Å². The number of halogens is 3. The lowest BCUT2D eigenvalue weighted by atomic mass is 10.3. The smallest absolute Gasteiger partial charge is 0.234 e. The van der Waals surface area contributed by atoms with E-state index >= 15 is 0 Å². The number of thioether (sulfide) groups is 1. The lowest BCUT2D eigenvalue weighted by molar-refractivity contribution is -0.113. The van der Waals surface area contributed by atoms with Crippen LogP contribution in [0.5, 0.6) is 0 Å². The summed E-state index contributed by atoms with van der Waals surface area (Å²) in [6.07, 6.45) is 0. The van der Waals surface area contributed by atoms with E-state index in [1.54, 1.807) is 18.2 Å². The molecular formula is C21H20BrClFN5O2S. The first-order valence-electron chi connectivity index (χ1n) is 9.87. The number of carbonyl (C=O) groups is 1. The van der Waals surface area contributed by atoms with Crippen molar-refractivity contribution in [3.63, 3.8) is 0 Å². The quantitative estimate of drug-likeness (QED) is 0.448. The van der Waals surface area contributed by atoms with Gasteiger partial charge in [-0.25, -0.2) is 4.39 Å². The van der Waals surface area contributed by atoms with Gasteiger partial charge in [-0.2, -0.15) is 0 Å². The van der Waals surface area contributed by atoms with Crippen molar-refractivity contribution in [3.05, 3.63) is 63.6 Å². The van der Waals surface area contributed by atoms with Crippen molar-refractivity contribution in [2.75, 3.05) is 37.4 Å². The third kappa shape index (κ3) is 5.87. The van der Waals surface area contributed by atoms with Crippen LogP contribution in [0.25, 0.3) is 5.69 Å². The fourth-order valence-corrected chi connectivity index (χ4v) is 4.44. The van der Waals surface area contributed by atoms with Crippen molar-refractivity contribution in [1.82, 2.24) is 19.7 Å². The highest BCUT2D eigenvalue weighted by Gasteiger charge is 2.20. The molecular weight excluding hydrogens is 521 g/mol. The Kier molecular flexibility index (Phi) is 7.80. The summed E-state index contributed by atoms with van der Waals surface area (Å²) in [6.45, 7) is 3.61. The molecule has 2 heterocycles. The topological polar surface area (TPSA) is 72.3 Å².